The quantitative estimate of drug-likeness (QED) is 0.337. The number of nitrogens with zero attached hydrogens (tertiary/aromatic N) is 3. The number of carbonyl (C=O) groups is 2. The number of primary amides is 1. The molecule has 220 valence electrons. The summed E-state index contributed by atoms with van der Waals surface area (Å²) in [4.78, 5) is 27.0. The normalized spacial score (nSPS) is 15.7. The van der Waals surface area contributed by atoms with Gasteiger partial charge in [-0.1, -0.05) is 11.6 Å². The van der Waals surface area contributed by atoms with Gasteiger partial charge in [0.2, 0.25) is 5.91 Å². The van der Waals surface area contributed by atoms with Crippen molar-refractivity contribution >= 4 is 35.2 Å². The molecule has 42 heavy (non-hydrogen) atoms. The summed E-state index contributed by atoms with van der Waals surface area (Å²) in [7, 11) is 1.48. The molecule has 4 N–H and O–H groups in total. The van der Waals surface area contributed by atoms with E-state index < -0.39 is 17.3 Å². The topological polar surface area (TPSA) is 145 Å². The second kappa shape index (κ2) is 11.5. The Hall–Kier alpha value is -4.42. The van der Waals surface area contributed by atoms with Crippen LogP contribution in [0.2, 0.25) is 5.02 Å². The van der Waals surface area contributed by atoms with E-state index in [4.69, 9.17) is 42.1 Å². The molecule has 13 heteroatoms. The van der Waals surface area contributed by atoms with Gasteiger partial charge >= 0.3 is 0 Å². The van der Waals surface area contributed by atoms with Crippen LogP contribution in [0.3, 0.4) is 0 Å². The van der Waals surface area contributed by atoms with Crippen molar-refractivity contribution in [3.8, 4) is 28.4 Å². The number of nitrogens with two attached hydrogens (primary N) is 1. The molecule has 1 fully saturated rings. The van der Waals surface area contributed by atoms with Crippen LogP contribution in [0.5, 0.6) is 11.5 Å². The monoisotopic (exact) mass is 596 g/mol. The standard InChI is InChI=1S/C29H30ClFN6O5/c1-29(2)15-41-5-4-36(29)28(39)26-22-14-42-24-10-23(40-3)20(16(11-32)12-34-13-25(33)38)9-21(24)27(22)37(35-26)19-7-17(30)6-18(31)8-19/h6-12,32,34H,4-5,13-15H2,1-3H3,(H2,33,38)/b16-12+,32-11?. The number of nitrogens with one attached hydrogen (secondary N) is 2. The van der Waals surface area contributed by atoms with Gasteiger partial charge in [0, 0.05) is 52.3 Å². The van der Waals surface area contributed by atoms with Crippen LogP contribution in [0.4, 0.5) is 4.39 Å². The maximum atomic E-state index is 14.6. The molecule has 11 nitrogen and oxygen atoms in total. The van der Waals surface area contributed by atoms with Crippen LogP contribution < -0.4 is 20.5 Å². The van der Waals surface area contributed by atoms with E-state index in [-0.39, 0.29) is 29.8 Å². The van der Waals surface area contributed by atoms with Crippen molar-refractivity contribution in [2.45, 2.75) is 26.0 Å². The van der Waals surface area contributed by atoms with Crippen molar-refractivity contribution in [3.63, 3.8) is 0 Å². The van der Waals surface area contributed by atoms with Crippen molar-refractivity contribution in [2.75, 3.05) is 33.4 Å². The van der Waals surface area contributed by atoms with Crippen molar-refractivity contribution in [1.29, 1.82) is 5.41 Å². The summed E-state index contributed by atoms with van der Waals surface area (Å²) < 4.78 is 33.4. The highest BCUT2D eigenvalue weighted by Crippen LogP contribution is 2.45. The predicted octanol–water partition coefficient (Wildman–Crippen LogP) is 3.55. The van der Waals surface area contributed by atoms with Crippen molar-refractivity contribution in [1.82, 2.24) is 20.0 Å². The van der Waals surface area contributed by atoms with Gasteiger partial charge in [0.1, 0.15) is 23.9 Å². The highest BCUT2D eigenvalue weighted by molar-refractivity contribution is 6.30. The number of methoxy groups -OCH3 is 1. The number of rotatable bonds is 8. The summed E-state index contributed by atoms with van der Waals surface area (Å²) in [5.41, 5.74) is 7.56. The zero-order valence-corrected chi connectivity index (χ0v) is 24.0. The molecule has 3 aromatic rings. The highest BCUT2D eigenvalue weighted by Gasteiger charge is 2.39. The Morgan fingerprint density at radius 1 is 1.29 bits per heavy atom. The molecule has 1 saturated heterocycles. The third-order valence-electron chi connectivity index (χ3n) is 7.10. The van der Waals surface area contributed by atoms with E-state index in [0.717, 1.165) is 6.21 Å². The Bertz CT molecular complexity index is 1600. The van der Waals surface area contributed by atoms with Crippen molar-refractivity contribution in [3.05, 3.63) is 64.2 Å². The highest BCUT2D eigenvalue weighted by atomic mass is 35.5. The lowest BCUT2D eigenvalue weighted by Crippen LogP contribution is -2.55. The average Bonchev–Trinajstić information content (AvgIpc) is 3.34. The molecule has 0 spiro atoms. The Balaban J connectivity index is 1.73. The molecule has 0 atom stereocenters. The largest absolute Gasteiger partial charge is 0.496 e. The molecule has 2 amide bonds. The first-order valence-electron chi connectivity index (χ1n) is 13.1. The number of hydrogen-bond acceptors (Lipinski definition) is 8. The van der Waals surface area contributed by atoms with Gasteiger partial charge in [-0.15, -0.1) is 0 Å². The number of carbonyl (C=O) groups excluding carboxylic acids is 2. The molecule has 3 heterocycles. The fourth-order valence-electron chi connectivity index (χ4n) is 5.12. The van der Waals surface area contributed by atoms with Crippen LogP contribution in [-0.2, 0) is 16.1 Å². The number of benzene rings is 2. The third kappa shape index (κ3) is 5.42. The Morgan fingerprint density at radius 2 is 2.07 bits per heavy atom. The molecule has 2 aromatic carbocycles. The second-order valence-corrected chi connectivity index (χ2v) is 10.9. The first-order valence-corrected chi connectivity index (χ1v) is 13.5. The van der Waals surface area contributed by atoms with E-state index >= 15 is 0 Å². The van der Waals surface area contributed by atoms with Crippen molar-refractivity contribution in [2.24, 2.45) is 5.73 Å². The van der Waals surface area contributed by atoms with Gasteiger partial charge in [-0.3, -0.25) is 9.59 Å². The summed E-state index contributed by atoms with van der Waals surface area (Å²) in [6, 6.07) is 7.43. The maximum absolute atomic E-state index is 14.6. The van der Waals surface area contributed by atoms with Crippen LogP contribution in [0.15, 0.2) is 36.5 Å². The van der Waals surface area contributed by atoms with E-state index in [9.17, 15) is 14.0 Å². The first kappa shape index (κ1) is 29.1. The molecule has 0 bridgehead atoms. The van der Waals surface area contributed by atoms with Gasteiger partial charge in [-0.05, 0) is 38.1 Å². The number of aromatic nitrogens is 2. The second-order valence-electron chi connectivity index (χ2n) is 10.5. The lowest BCUT2D eigenvalue weighted by molar-refractivity contribution is -0.117. The van der Waals surface area contributed by atoms with E-state index in [1.54, 1.807) is 23.1 Å². The number of hydrogen-bond donors (Lipinski definition) is 3. The number of fused-ring (bicyclic) bond motifs is 3. The summed E-state index contributed by atoms with van der Waals surface area (Å²) in [6.45, 7) is 4.86. The predicted molar refractivity (Wildman–Crippen MR) is 155 cm³/mol. The van der Waals surface area contributed by atoms with Crippen LogP contribution in [0, 0.1) is 11.2 Å². The molecule has 2 aliphatic rings. The van der Waals surface area contributed by atoms with Crippen LogP contribution in [-0.4, -0.2) is 71.7 Å². The van der Waals surface area contributed by atoms with E-state index in [1.165, 1.54) is 30.1 Å². The number of ether oxygens (including phenoxy) is 3. The number of amides is 2. The minimum atomic E-state index is -0.580. The summed E-state index contributed by atoms with van der Waals surface area (Å²) in [5, 5.41) is 15.7. The van der Waals surface area contributed by atoms with E-state index in [0.29, 0.717) is 64.9 Å². The molecular formula is C29H30ClFN6O5. The maximum Gasteiger partial charge on any atom is 0.275 e. The smallest absolute Gasteiger partial charge is 0.275 e. The number of allylic oxidation sites excluding steroid dienone is 1. The molecule has 1 aromatic heterocycles. The molecule has 5 rings (SSSR count). The average molecular weight is 597 g/mol. The summed E-state index contributed by atoms with van der Waals surface area (Å²) in [5.74, 6) is -0.603. The number of morpholine rings is 1. The zero-order valence-electron chi connectivity index (χ0n) is 23.3. The van der Waals surface area contributed by atoms with Gasteiger partial charge in [0.05, 0.1) is 43.8 Å². The van der Waals surface area contributed by atoms with Crippen LogP contribution in [0.1, 0.15) is 35.5 Å². The van der Waals surface area contributed by atoms with Crippen LogP contribution >= 0.6 is 11.6 Å². The van der Waals surface area contributed by atoms with Gasteiger partial charge in [-0.25, -0.2) is 9.07 Å². The fourth-order valence-corrected chi connectivity index (χ4v) is 5.33. The van der Waals surface area contributed by atoms with Gasteiger partial charge in [-0.2, -0.15) is 5.10 Å². The van der Waals surface area contributed by atoms with Crippen molar-refractivity contribution < 1.29 is 28.2 Å². The van der Waals surface area contributed by atoms with E-state index in [2.05, 4.69) is 5.32 Å². The SMILES string of the molecule is COc1cc2c(cc1/C(C=N)=C/NCC(N)=O)-c1c(c(C(=O)N3CCOCC3(C)C)nn1-c1cc(F)cc(Cl)c1)CO2. The Morgan fingerprint density at radius 3 is 2.74 bits per heavy atom. The third-order valence-corrected chi connectivity index (χ3v) is 7.32. The lowest BCUT2D eigenvalue weighted by atomic mass is 9.95. The molecule has 0 unspecified atom stereocenters. The summed E-state index contributed by atoms with van der Waals surface area (Å²) in [6.07, 6.45) is 2.58. The Labute approximate surface area is 246 Å². The number of halogens is 2. The minimum absolute atomic E-state index is 0.0210. The summed E-state index contributed by atoms with van der Waals surface area (Å²) >= 11 is 6.22. The molecule has 2 aliphatic heterocycles. The molecular weight excluding hydrogens is 567 g/mol. The van der Waals surface area contributed by atoms with E-state index in [1.807, 2.05) is 13.8 Å². The minimum Gasteiger partial charge on any atom is -0.496 e. The molecule has 0 aliphatic carbocycles. The van der Waals surface area contributed by atoms with Gasteiger partial charge in [0.25, 0.3) is 5.91 Å². The fraction of sp³-hybridized carbons (Fsp3) is 0.310. The molecule has 0 saturated carbocycles. The molecule has 0 radical (unpaired) electrons. The zero-order chi connectivity index (χ0) is 30.2. The van der Waals surface area contributed by atoms with Crippen LogP contribution in [0.25, 0.3) is 22.5 Å². The first-order chi connectivity index (χ1) is 20.0. The Kier molecular flexibility index (Phi) is 7.93. The van der Waals surface area contributed by atoms with Gasteiger partial charge < -0.3 is 35.6 Å². The van der Waals surface area contributed by atoms with Gasteiger partial charge in [0.15, 0.2) is 5.69 Å². The lowest BCUT2D eigenvalue weighted by Gasteiger charge is -2.41.